The van der Waals surface area contributed by atoms with Crippen molar-refractivity contribution < 1.29 is 9.13 Å². The Hall–Kier alpha value is -2.44. The van der Waals surface area contributed by atoms with Gasteiger partial charge in [-0.2, -0.15) is 0 Å². The molecule has 0 unspecified atom stereocenters. The highest BCUT2D eigenvalue weighted by atomic mass is 19.1. The number of anilines is 1. The molecule has 28 heavy (non-hydrogen) atoms. The third-order valence-electron chi connectivity index (χ3n) is 5.96. The molecule has 2 aromatic carbocycles. The van der Waals surface area contributed by atoms with Gasteiger partial charge in [-0.1, -0.05) is 12.1 Å². The second-order valence-corrected chi connectivity index (χ2v) is 7.69. The molecule has 6 heteroatoms. The molecular weight excluding hydrogens is 355 g/mol. The lowest BCUT2D eigenvalue weighted by atomic mass is 10.1. The summed E-state index contributed by atoms with van der Waals surface area (Å²) in [5.74, 6) is 0.771. The number of aromatic nitrogens is 2. The van der Waals surface area contributed by atoms with Crippen LogP contribution in [0.3, 0.4) is 0 Å². The molecule has 0 atom stereocenters. The Balaban J connectivity index is 1.30. The first-order chi connectivity index (χ1) is 13.7. The van der Waals surface area contributed by atoms with Gasteiger partial charge in [0.1, 0.15) is 11.6 Å². The highest BCUT2D eigenvalue weighted by Gasteiger charge is 2.24. The van der Waals surface area contributed by atoms with E-state index in [0.717, 1.165) is 69.2 Å². The summed E-state index contributed by atoms with van der Waals surface area (Å²) in [6.07, 6.45) is 0.855. The van der Waals surface area contributed by atoms with Crippen molar-refractivity contribution >= 4 is 16.7 Å². The molecule has 2 aliphatic heterocycles. The molecule has 0 amide bonds. The minimum atomic E-state index is -0.234. The number of hydrogen-bond acceptors (Lipinski definition) is 4. The molecule has 0 aliphatic carbocycles. The highest BCUT2D eigenvalue weighted by Crippen LogP contribution is 2.32. The van der Waals surface area contributed by atoms with Crippen LogP contribution in [-0.2, 0) is 31.3 Å². The van der Waals surface area contributed by atoms with Crippen LogP contribution in [0.15, 0.2) is 36.4 Å². The predicted octanol–water partition coefficient (Wildman–Crippen LogP) is 3.11. The largest absolute Gasteiger partial charge is 0.378 e. The van der Waals surface area contributed by atoms with Gasteiger partial charge in [0.2, 0.25) is 0 Å². The van der Waals surface area contributed by atoms with Crippen molar-refractivity contribution in [3.05, 3.63) is 59.2 Å². The van der Waals surface area contributed by atoms with Crippen LogP contribution >= 0.6 is 0 Å². The molecule has 0 radical (unpaired) electrons. The van der Waals surface area contributed by atoms with Crippen LogP contribution in [0.5, 0.6) is 0 Å². The van der Waals surface area contributed by atoms with Crippen molar-refractivity contribution in [2.24, 2.45) is 7.05 Å². The third kappa shape index (κ3) is 3.16. The smallest absolute Gasteiger partial charge is 0.125 e. The van der Waals surface area contributed by atoms with Crippen LogP contribution in [0.4, 0.5) is 10.1 Å². The van der Waals surface area contributed by atoms with E-state index in [4.69, 9.17) is 4.74 Å². The molecule has 0 N–H and O–H groups in total. The second-order valence-electron chi connectivity index (χ2n) is 7.69. The van der Waals surface area contributed by atoms with Crippen molar-refractivity contribution in [3.8, 4) is 0 Å². The van der Waals surface area contributed by atoms with E-state index in [2.05, 4.69) is 37.5 Å². The summed E-state index contributed by atoms with van der Waals surface area (Å²) in [4.78, 5) is 9.58. The second kappa shape index (κ2) is 7.18. The molecule has 5 nitrogen and oxygen atoms in total. The van der Waals surface area contributed by atoms with E-state index in [-0.39, 0.29) is 5.82 Å². The number of ether oxygens (including phenoxy) is 1. The van der Waals surface area contributed by atoms with Gasteiger partial charge < -0.3 is 14.2 Å². The summed E-state index contributed by atoms with van der Waals surface area (Å²) in [6, 6.07) is 11.5. The molecule has 0 bridgehead atoms. The third-order valence-corrected chi connectivity index (χ3v) is 5.96. The zero-order chi connectivity index (χ0) is 19.1. The van der Waals surface area contributed by atoms with E-state index in [0.29, 0.717) is 0 Å². The number of imidazole rings is 1. The summed E-state index contributed by atoms with van der Waals surface area (Å²) in [6.45, 7) is 6.44. The van der Waals surface area contributed by atoms with Crippen LogP contribution < -0.4 is 4.90 Å². The molecule has 3 heterocycles. The van der Waals surface area contributed by atoms with Crippen molar-refractivity contribution in [2.45, 2.75) is 19.5 Å². The Kier molecular flexibility index (Phi) is 4.53. The lowest BCUT2D eigenvalue weighted by Gasteiger charge is -2.30. The van der Waals surface area contributed by atoms with E-state index in [1.54, 1.807) is 0 Å². The van der Waals surface area contributed by atoms with Crippen LogP contribution in [-0.4, -0.2) is 47.3 Å². The maximum absolute atomic E-state index is 13.5. The normalized spacial score (nSPS) is 17.4. The van der Waals surface area contributed by atoms with Gasteiger partial charge in [0.05, 0.1) is 24.2 Å². The molecule has 0 saturated carbocycles. The lowest BCUT2D eigenvalue weighted by molar-refractivity contribution is 0.122. The first-order valence-electron chi connectivity index (χ1n) is 9.96. The zero-order valence-electron chi connectivity index (χ0n) is 16.2. The van der Waals surface area contributed by atoms with Gasteiger partial charge in [0.25, 0.3) is 0 Å². The van der Waals surface area contributed by atoms with Crippen LogP contribution in [0.1, 0.15) is 17.0 Å². The van der Waals surface area contributed by atoms with Gasteiger partial charge in [-0.25, -0.2) is 9.37 Å². The summed E-state index contributed by atoms with van der Waals surface area (Å²) in [5, 5.41) is 0. The molecule has 1 saturated heterocycles. The fraction of sp³-hybridized carbons (Fsp3) is 0.409. The van der Waals surface area contributed by atoms with Crippen LogP contribution in [0, 0.1) is 5.82 Å². The number of fused-ring (bicyclic) bond motifs is 2. The van der Waals surface area contributed by atoms with E-state index in [9.17, 15) is 4.39 Å². The number of hydrogen-bond donors (Lipinski definition) is 0. The predicted molar refractivity (Wildman–Crippen MR) is 108 cm³/mol. The molecule has 2 aliphatic rings. The quantitative estimate of drug-likeness (QED) is 0.697. The summed E-state index contributed by atoms with van der Waals surface area (Å²) >= 11 is 0. The van der Waals surface area contributed by atoms with Crippen LogP contribution in [0.25, 0.3) is 11.0 Å². The Bertz CT molecular complexity index is 1010. The van der Waals surface area contributed by atoms with E-state index in [1.807, 2.05) is 13.1 Å². The summed E-state index contributed by atoms with van der Waals surface area (Å²) in [5.41, 5.74) is 5.96. The highest BCUT2D eigenvalue weighted by molar-refractivity contribution is 5.76. The summed E-state index contributed by atoms with van der Waals surface area (Å²) < 4.78 is 21.1. The molecule has 0 spiro atoms. The molecular formula is C22H25FN4O. The van der Waals surface area contributed by atoms with Gasteiger partial charge in [-0.15, -0.1) is 0 Å². The Morgan fingerprint density at radius 2 is 1.96 bits per heavy atom. The van der Waals surface area contributed by atoms with Crippen molar-refractivity contribution in [2.75, 3.05) is 37.7 Å². The Morgan fingerprint density at radius 3 is 2.82 bits per heavy atom. The molecule has 146 valence electrons. The maximum Gasteiger partial charge on any atom is 0.125 e. The van der Waals surface area contributed by atoms with Gasteiger partial charge in [0, 0.05) is 57.9 Å². The molecule has 3 aromatic rings. The monoisotopic (exact) mass is 380 g/mol. The van der Waals surface area contributed by atoms with E-state index >= 15 is 0 Å². The number of benzene rings is 2. The van der Waals surface area contributed by atoms with Gasteiger partial charge >= 0.3 is 0 Å². The van der Waals surface area contributed by atoms with Crippen molar-refractivity contribution in [1.82, 2.24) is 14.5 Å². The fourth-order valence-electron chi connectivity index (χ4n) is 4.44. The Labute approximate surface area is 164 Å². The maximum atomic E-state index is 13.5. The van der Waals surface area contributed by atoms with Crippen molar-refractivity contribution in [1.29, 1.82) is 0 Å². The number of halogens is 1. The van der Waals surface area contributed by atoms with Crippen molar-refractivity contribution in [3.63, 3.8) is 0 Å². The lowest BCUT2D eigenvalue weighted by Crippen LogP contribution is -2.36. The minimum Gasteiger partial charge on any atom is -0.378 e. The average molecular weight is 380 g/mol. The van der Waals surface area contributed by atoms with Crippen LogP contribution in [0.2, 0.25) is 0 Å². The zero-order valence-corrected chi connectivity index (χ0v) is 16.2. The van der Waals surface area contributed by atoms with Gasteiger partial charge in [-0.05, 0) is 29.3 Å². The first kappa shape index (κ1) is 17.6. The van der Waals surface area contributed by atoms with E-state index < -0.39 is 0 Å². The summed E-state index contributed by atoms with van der Waals surface area (Å²) in [7, 11) is 2.01. The fourth-order valence-corrected chi connectivity index (χ4v) is 4.44. The number of morpholine rings is 1. The first-order valence-corrected chi connectivity index (χ1v) is 9.96. The molecule has 1 fully saturated rings. The number of aryl methyl sites for hydroxylation is 1. The molecule has 5 rings (SSSR count). The van der Waals surface area contributed by atoms with Gasteiger partial charge in [0.15, 0.2) is 0 Å². The number of nitrogens with zero attached hydrogens (tertiary/aromatic N) is 4. The molecule has 1 aromatic heterocycles. The minimum absolute atomic E-state index is 0.234. The Morgan fingerprint density at radius 1 is 1.11 bits per heavy atom. The standard InChI is InChI=1S/C22H25FN4O/c1-25-21-6-5-17(23)13-19(21)24-22(25)7-8-26-14-16-3-2-4-20(18(16)15-26)27-9-11-28-12-10-27/h2-6,13H,7-12,14-15H2,1H3. The van der Waals surface area contributed by atoms with Gasteiger partial charge in [-0.3, -0.25) is 4.90 Å². The average Bonchev–Trinajstić information content (AvgIpc) is 3.27. The van der Waals surface area contributed by atoms with E-state index in [1.165, 1.54) is 28.9 Å². The SMILES string of the molecule is Cn1c(CCN2Cc3cccc(N4CCOCC4)c3C2)nc2cc(F)ccc21. The number of rotatable bonds is 4. The topological polar surface area (TPSA) is 33.5 Å².